The fraction of sp³-hybridized carbons (Fsp3) is 0.842. The van der Waals surface area contributed by atoms with Crippen molar-refractivity contribution >= 4 is 27.5 Å². The number of carbonyl (C=O) groups excluding carboxylic acids is 1. The highest BCUT2D eigenvalue weighted by Gasteiger charge is 2.54. The van der Waals surface area contributed by atoms with Crippen LogP contribution in [0.25, 0.3) is 0 Å². The molecule has 1 N–H and O–H groups in total. The third-order valence-corrected chi connectivity index (χ3v) is 9.89. The van der Waals surface area contributed by atoms with Gasteiger partial charge in [0, 0.05) is 5.41 Å². The molecule has 1 aromatic heterocycles. The molecule has 5 fully saturated rings. The van der Waals surface area contributed by atoms with Crippen LogP contribution < -0.4 is 5.32 Å². The van der Waals surface area contributed by atoms with Crippen molar-refractivity contribution in [1.29, 1.82) is 0 Å². The summed E-state index contributed by atoms with van der Waals surface area (Å²) in [6.07, 6.45) is 8.05. The maximum Gasteiger partial charge on any atom is 0.277 e. The second kappa shape index (κ2) is 6.45. The van der Waals surface area contributed by atoms with Crippen molar-refractivity contribution in [2.24, 2.45) is 17.8 Å². The van der Waals surface area contributed by atoms with Crippen molar-refractivity contribution in [3.8, 4) is 0 Å². The standard InChI is InChI=1S/C19H27N3O4S2/c1-18(2-3-28(24,25)11-18)20-15(23)10-27-17-22-21-16(26-17)19-7-12-4-13(8-19)6-14(5-12)9-19/h12-14H,2-11H2,1H3,(H,20,23)/t12?,13?,14?,18-,19?/m0/s1. The van der Waals surface area contributed by atoms with Gasteiger partial charge in [-0.15, -0.1) is 10.2 Å². The number of nitrogens with one attached hydrogen (secondary N) is 1. The minimum absolute atomic E-state index is 0.00708. The lowest BCUT2D eigenvalue weighted by Crippen LogP contribution is -2.48. The van der Waals surface area contributed by atoms with E-state index in [1.165, 1.54) is 50.3 Å². The van der Waals surface area contributed by atoms with Crippen molar-refractivity contribution in [2.75, 3.05) is 17.3 Å². The molecule has 9 heteroatoms. The SMILES string of the molecule is C[C@]1(NC(=O)CSc2nnc(C34CC5CC(CC(C5)C3)C4)o2)CCS(=O)(=O)C1. The first-order valence-corrected chi connectivity index (χ1v) is 13.0. The number of hydrogen-bond donors (Lipinski definition) is 1. The lowest BCUT2D eigenvalue weighted by molar-refractivity contribution is -0.120. The van der Waals surface area contributed by atoms with Crippen LogP contribution >= 0.6 is 11.8 Å². The predicted molar refractivity (Wildman–Crippen MR) is 105 cm³/mol. The molecule has 2 heterocycles. The van der Waals surface area contributed by atoms with Gasteiger partial charge in [-0.2, -0.15) is 0 Å². The highest BCUT2D eigenvalue weighted by atomic mass is 32.2. The Bertz CT molecular complexity index is 861. The Kier molecular flexibility index (Phi) is 4.36. The average molecular weight is 426 g/mol. The van der Waals surface area contributed by atoms with E-state index >= 15 is 0 Å². The summed E-state index contributed by atoms with van der Waals surface area (Å²) in [7, 11) is -3.05. The minimum atomic E-state index is -3.05. The topological polar surface area (TPSA) is 102 Å². The normalized spacial score (nSPS) is 40.7. The Morgan fingerprint density at radius 3 is 2.39 bits per heavy atom. The molecule has 1 amide bonds. The summed E-state index contributed by atoms with van der Waals surface area (Å²) in [4.78, 5) is 12.3. The smallest absolute Gasteiger partial charge is 0.277 e. The Morgan fingerprint density at radius 2 is 1.82 bits per heavy atom. The number of amides is 1. The molecule has 4 saturated carbocycles. The zero-order valence-corrected chi connectivity index (χ0v) is 17.8. The number of rotatable bonds is 5. The summed E-state index contributed by atoms with van der Waals surface area (Å²) in [6, 6.07) is 0. The van der Waals surface area contributed by atoms with Gasteiger partial charge < -0.3 is 9.73 Å². The van der Waals surface area contributed by atoms with Gasteiger partial charge >= 0.3 is 0 Å². The number of hydrogen-bond acceptors (Lipinski definition) is 7. The van der Waals surface area contributed by atoms with E-state index in [0.29, 0.717) is 11.6 Å². The van der Waals surface area contributed by atoms with E-state index in [-0.39, 0.29) is 28.6 Å². The van der Waals surface area contributed by atoms with Crippen LogP contribution in [0.5, 0.6) is 0 Å². The van der Waals surface area contributed by atoms with E-state index in [2.05, 4.69) is 15.5 Å². The molecular formula is C19H27N3O4S2. The van der Waals surface area contributed by atoms with Gasteiger partial charge in [-0.25, -0.2) is 8.42 Å². The molecule has 1 saturated heterocycles. The summed E-state index contributed by atoms with van der Waals surface area (Å²) in [5.41, 5.74) is -0.607. The molecule has 6 rings (SSSR count). The van der Waals surface area contributed by atoms with Gasteiger partial charge in [0.2, 0.25) is 11.8 Å². The summed E-state index contributed by atoms with van der Waals surface area (Å²) in [5, 5.41) is 11.9. The molecule has 5 aliphatic rings. The molecule has 1 atom stereocenters. The molecule has 0 spiro atoms. The second-order valence-electron chi connectivity index (χ2n) is 9.81. The van der Waals surface area contributed by atoms with Gasteiger partial charge in [0.25, 0.3) is 5.22 Å². The van der Waals surface area contributed by atoms with E-state index in [0.717, 1.165) is 23.6 Å². The van der Waals surface area contributed by atoms with Crippen molar-refractivity contribution in [2.45, 2.75) is 68.0 Å². The molecule has 4 bridgehead atoms. The predicted octanol–water partition coefficient (Wildman–Crippen LogP) is 2.32. The van der Waals surface area contributed by atoms with Crippen LogP contribution in [-0.4, -0.2) is 47.3 Å². The molecule has 0 radical (unpaired) electrons. The maximum atomic E-state index is 12.3. The van der Waals surface area contributed by atoms with Gasteiger partial charge in [-0.05, 0) is 69.6 Å². The third kappa shape index (κ3) is 3.49. The maximum absolute atomic E-state index is 12.3. The van der Waals surface area contributed by atoms with E-state index in [1.807, 2.05) is 0 Å². The van der Waals surface area contributed by atoms with E-state index in [9.17, 15) is 13.2 Å². The molecule has 0 unspecified atom stereocenters. The molecule has 28 heavy (non-hydrogen) atoms. The number of carbonyl (C=O) groups is 1. The zero-order chi connectivity index (χ0) is 19.6. The van der Waals surface area contributed by atoms with Gasteiger partial charge in [0.1, 0.15) is 0 Å². The number of nitrogens with zero attached hydrogens (tertiary/aromatic N) is 2. The second-order valence-corrected chi connectivity index (χ2v) is 12.9. The number of aromatic nitrogens is 2. The quantitative estimate of drug-likeness (QED) is 0.722. The van der Waals surface area contributed by atoms with Gasteiger partial charge in [0.05, 0.1) is 22.8 Å². The number of thioether (sulfide) groups is 1. The molecule has 0 aromatic carbocycles. The van der Waals surface area contributed by atoms with Crippen LogP contribution in [0.15, 0.2) is 9.64 Å². The van der Waals surface area contributed by atoms with Crippen LogP contribution in [0.2, 0.25) is 0 Å². The molecular weight excluding hydrogens is 398 g/mol. The lowest BCUT2D eigenvalue weighted by atomic mass is 9.49. The van der Waals surface area contributed by atoms with Crippen LogP contribution in [0, 0.1) is 17.8 Å². The molecule has 7 nitrogen and oxygen atoms in total. The van der Waals surface area contributed by atoms with E-state index in [4.69, 9.17) is 4.42 Å². The first kappa shape index (κ1) is 18.9. The molecule has 1 aromatic rings. The van der Waals surface area contributed by atoms with Crippen LogP contribution in [0.1, 0.15) is 57.8 Å². The monoisotopic (exact) mass is 425 g/mol. The van der Waals surface area contributed by atoms with Crippen LogP contribution in [0.3, 0.4) is 0 Å². The summed E-state index contributed by atoms with van der Waals surface area (Å²) in [5.74, 6) is 3.29. The lowest BCUT2D eigenvalue weighted by Gasteiger charge is -2.55. The molecule has 4 aliphatic carbocycles. The first-order valence-electron chi connectivity index (χ1n) is 10.2. The Labute approximate surface area is 169 Å². The Hall–Kier alpha value is -1.09. The summed E-state index contributed by atoms with van der Waals surface area (Å²) < 4.78 is 29.4. The largest absolute Gasteiger partial charge is 0.415 e. The highest BCUT2D eigenvalue weighted by Crippen LogP contribution is 2.60. The van der Waals surface area contributed by atoms with Crippen LogP contribution in [-0.2, 0) is 20.0 Å². The fourth-order valence-electron chi connectivity index (χ4n) is 6.46. The zero-order valence-electron chi connectivity index (χ0n) is 16.1. The highest BCUT2D eigenvalue weighted by molar-refractivity contribution is 7.99. The molecule has 1 aliphatic heterocycles. The van der Waals surface area contributed by atoms with E-state index in [1.54, 1.807) is 6.92 Å². The fourth-order valence-corrected chi connectivity index (χ4v) is 9.12. The minimum Gasteiger partial charge on any atom is -0.415 e. The summed E-state index contributed by atoms with van der Waals surface area (Å²) in [6.45, 7) is 1.79. The van der Waals surface area contributed by atoms with Gasteiger partial charge in [0.15, 0.2) is 9.84 Å². The van der Waals surface area contributed by atoms with Crippen molar-refractivity contribution < 1.29 is 17.6 Å². The Balaban J connectivity index is 1.20. The van der Waals surface area contributed by atoms with Crippen molar-refractivity contribution in [1.82, 2.24) is 15.5 Å². The third-order valence-electron chi connectivity index (χ3n) is 7.17. The van der Waals surface area contributed by atoms with E-state index < -0.39 is 15.4 Å². The Morgan fingerprint density at radius 1 is 1.18 bits per heavy atom. The summed E-state index contributed by atoms with van der Waals surface area (Å²) >= 11 is 1.23. The molecule has 154 valence electrons. The number of sulfone groups is 1. The van der Waals surface area contributed by atoms with Crippen LogP contribution in [0.4, 0.5) is 0 Å². The average Bonchev–Trinajstić information content (AvgIpc) is 3.16. The van der Waals surface area contributed by atoms with Gasteiger partial charge in [-0.3, -0.25) is 4.79 Å². The van der Waals surface area contributed by atoms with Crippen molar-refractivity contribution in [3.63, 3.8) is 0 Å². The van der Waals surface area contributed by atoms with Crippen molar-refractivity contribution in [3.05, 3.63) is 5.89 Å². The first-order chi connectivity index (χ1) is 13.2. The van der Waals surface area contributed by atoms with Gasteiger partial charge in [-0.1, -0.05) is 11.8 Å².